The van der Waals surface area contributed by atoms with Crippen molar-refractivity contribution in [2.24, 2.45) is 0 Å². The zero-order valence-electron chi connectivity index (χ0n) is 24.4. The summed E-state index contributed by atoms with van der Waals surface area (Å²) in [6.07, 6.45) is 2.29. The van der Waals surface area contributed by atoms with Crippen molar-refractivity contribution >= 4 is 27.3 Å². The van der Waals surface area contributed by atoms with E-state index in [1.54, 1.807) is 43.5 Å². The molecule has 0 aliphatic carbocycles. The number of nitrogens with one attached hydrogen (secondary N) is 1. The number of anilines is 1. The Balaban J connectivity index is 1.60. The molecule has 1 aliphatic heterocycles. The van der Waals surface area contributed by atoms with Gasteiger partial charge in [0.05, 0.1) is 16.6 Å². The van der Waals surface area contributed by atoms with Gasteiger partial charge in [-0.15, -0.1) is 0 Å². The highest BCUT2D eigenvalue weighted by Crippen LogP contribution is 2.32. The van der Waals surface area contributed by atoms with Gasteiger partial charge in [0.2, 0.25) is 10.0 Å². The third kappa shape index (κ3) is 7.98. The Morgan fingerprint density at radius 3 is 2.46 bits per heavy atom. The molecule has 0 amide bonds. The summed E-state index contributed by atoms with van der Waals surface area (Å²) in [5.41, 5.74) is 4.16. The molecule has 1 aromatic heterocycles. The first-order valence-electron chi connectivity index (χ1n) is 13.9. The zero-order valence-corrected chi connectivity index (χ0v) is 26.0. The number of pyridine rings is 1. The van der Waals surface area contributed by atoms with Crippen LogP contribution in [0.5, 0.6) is 11.5 Å². The number of hydrogen-bond donors (Lipinski definition) is 1. The lowest BCUT2D eigenvalue weighted by Crippen LogP contribution is -2.44. The fourth-order valence-corrected chi connectivity index (χ4v) is 6.23. The number of rotatable bonds is 8. The van der Waals surface area contributed by atoms with Crippen molar-refractivity contribution in [2.75, 3.05) is 38.1 Å². The maximum atomic E-state index is 13.6. The molecule has 0 spiro atoms. The third-order valence-electron chi connectivity index (χ3n) is 7.21. The van der Waals surface area contributed by atoms with Crippen LogP contribution in [0.4, 0.5) is 5.69 Å². The van der Waals surface area contributed by atoms with Gasteiger partial charge in [0, 0.05) is 54.7 Å². The Kier molecular flexibility index (Phi) is 10.3. The van der Waals surface area contributed by atoms with Gasteiger partial charge in [0.15, 0.2) is 0 Å². The Morgan fingerprint density at radius 1 is 1.00 bits per heavy atom. The molecule has 0 saturated carbocycles. The van der Waals surface area contributed by atoms with Gasteiger partial charge in [0.1, 0.15) is 11.5 Å². The van der Waals surface area contributed by atoms with Gasteiger partial charge >= 0.3 is 0 Å². The average Bonchev–Trinajstić information content (AvgIpc) is 2.94. The van der Waals surface area contributed by atoms with E-state index in [0.717, 1.165) is 54.3 Å². The molecule has 3 aromatic rings. The van der Waals surface area contributed by atoms with Crippen molar-refractivity contribution in [3.8, 4) is 11.5 Å². The molecule has 41 heavy (non-hydrogen) atoms. The van der Waals surface area contributed by atoms with Crippen LogP contribution in [0.1, 0.15) is 42.3 Å². The molecule has 218 valence electrons. The molecule has 7 nitrogen and oxygen atoms in total. The van der Waals surface area contributed by atoms with Crippen molar-refractivity contribution < 1.29 is 13.2 Å². The minimum absolute atomic E-state index is 0.142. The summed E-state index contributed by atoms with van der Waals surface area (Å²) >= 11 is 6.31. The van der Waals surface area contributed by atoms with Gasteiger partial charge in [-0.25, -0.2) is 13.1 Å². The topological polar surface area (TPSA) is 74.8 Å². The summed E-state index contributed by atoms with van der Waals surface area (Å²) in [6, 6.07) is 19.7. The number of nitrogens with zero attached hydrogens (tertiary/aromatic N) is 3. The van der Waals surface area contributed by atoms with Crippen LogP contribution in [0.3, 0.4) is 0 Å². The van der Waals surface area contributed by atoms with E-state index in [9.17, 15) is 8.42 Å². The number of ether oxygens (including phenoxy) is 1. The second kappa shape index (κ2) is 13.7. The molecule has 2 aromatic carbocycles. The fraction of sp³-hybridized carbons (Fsp3) is 0.344. The summed E-state index contributed by atoms with van der Waals surface area (Å²) in [4.78, 5) is 9.41. The van der Waals surface area contributed by atoms with Crippen LogP contribution < -0.4 is 14.4 Å². The van der Waals surface area contributed by atoms with Gasteiger partial charge in [-0.05, 0) is 81.8 Å². The number of sulfonamides is 1. The van der Waals surface area contributed by atoms with E-state index in [2.05, 4.69) is 38.7 Å². The summed E-state index contributed by atoms with van der Waals surface area (Å²) in [5.74, 6) is 1.40. The van der Waals surface area contributed by atoms with Crippen LogP contribution in [0.2, 0.25) is 5.02 Å². The zero-order chi connectivity index (χ0) is 29.6. The molecule has 4 rings (SSSR count). The molecule has 0 bridgehead atoms. The molecule has 1 aliphatic rings. The van der Waals surface area contributed by atoms with Gasteiger partial charge < -0.3 is 14.5 Å². The van der Waals surface area contributed by atoms with Crippen LogP contribution in [0.15, 0.2) is 77.8 Å². The highest BCUT2D eigenvalue weighted by molar-refractivity contribution is 7.89. The quantitative estimate of drug-likeness (QED) is 0.316. The predicted octanol–water partition coefficient (Wildman–Crippen LogP) is 6.62. The number of halogens is 1. The Bertz CT molecular complexity index is 1540. The van der Waals surface area contributed by atoms with Crippen molar-refractivity contribution in [2.45, 2.75) is 45.1 Å². The van der Waals surface area contributed by atoms with E-state index in [-0.39, 0.29) is 4.90 Å². The maximum absolute atomic E-state index is 13.6. The van der Waals surface area contributed by atoms with Gasteiger partial charge in [-0.1, -0.05) is 42.8 Å². The van der Waals surface area contributed by atoms with Crippen LogP contribution in [-0.4, -0.2) is 51.5 Å². The number of aromatic nitrogens is 1. The third-order valence-corrected chi connectivity index (χ3v) is 9.17. The van der Waals surface area contributed by atoms with E-state index in [4.69, 9.17) is 16.3 Å². The normalized spacial score (nSPS) is 14.8. The molecule has 1 atom stereocenters. The Morgan fingerprint density at radius 2 is 1.73 bits per heavy atom. The van der Waals surface area contributed by atoms with E-state index < -0.39 is 16.1 Å². The van der Waals surface area contributed by atoms with Crippen LogP contribution in [0, 0.1) is 13.8 Å². The van der Waals surface area contributed by atoms with E-state index in [1.165, 1.54) is 0 Å². The molecule has 1 fully saturated rings. The second-order valence-corrected chi connectivity index (χ2v) is 12.6. The number of hydrogen-bond acceptors (Lipinski definition) is 6. The van der Waals surface area contributed by atoms with E-state index in [1.807, 2.05) is 45.0 Å². The van der Waals surface area contributed by atoms with E-state index in [0.29, 0.717) is 22.9 Å². The highest BCUT2D eigenvalue weighted by atomic mass is 35.5. The lowest BCUT2D eigenvalue weighted by molar-refractivity contribution is 0.313. The molecular formula is C32H39ClN4O3S. The Hall–Kier alpha value is -3.17. The van der Waals surface area contributed by atoms with E-state index >= 15 is 0 Å². The molecule has 2 heterocycles. The smallest absolute Gasteiger partial charge is 0.241 e. The first-order valence-corrected chi connectivity index (χ1v) is 15.8. The van der Waals surface area contributed by atoms with Crippen molar-refractivity contribution in [1.29, 1.82) is 0 Å². The minimum atomic E-state index is -3.89. The lowest BCUT2D eigenvalue weighted by atomic mass is 10.1. The number of benzene rings is 1. The SMILES string of the molecule is CCc1c(Oc2cccc(N3CCN(C)CC3)c2)ccnc1C(C)NS(=O)(=O)c1ccc(C)c(Cl)cccc(C)c1. The van der Waals surface area contributed by atoms with Crippen LogP contribution >= 0.6 is 11.6 Å². The predicted molar refractivity (Wildman–Crippen MR) is 167 cm³/mol. The standard InChI is InChI=1S/C32H39ClN4O3S/c1-6-29-31(40-27-11-8-10-26(22-27)37-19-17-36(5)18-20-37)15-16-34-32(29)25(4)35-41(38,39)28-14-13-24(3)30(33)12-7-9-23(2)21-28/h7-16,21-22,25,35H,6,17-20H2,1-5H3. The Labute approximate surface area is 249 Å². The van der Waals surface area contributed by atoms with Gasteiger partial charge in [-0.3, -0.25) is 4.98 Å². The maximum Gasteiger partial charge on any atom is 0.241 e. The minimum Gasteiger partial charge on any atom is -0.457 e. The van der Waals surface area contributed by atoms with Gasteiger partial charge in [-0.2, -0.15) is 0 Å². The summed E-state index contributed by atoms with van der Waals surface area (Å²) in [7, 11) is -1.75. The summed E-state index contributed by atoms with van der Waals surface area (Å²) in [6.45, 7) is 11.5. The van der Waals surface area contributed by atoms with Crippen molar-refractivity contribution in [1.82, 2.24) is 14.6 Å². The lowest BCUT2D eigenvalue weighted by Gasteiger charge is -2.34. The first-order chi connectivity index (χ1) is 19.6. The fourth-order valence-electron chi connectivity index (χ4n) is 4.80. The van der Waals surface area contributed by atoms with Crippen LogP contribution in [-0.2, 0) is 16.4 Å². The molecule has 1 N–H and O–H groups in total. The van der Waals surface area contributed by atoms with Gasteiger partial charge in [0.25, 0.3) is 0 Å². The van der Waals surface area contributed by atoms with Crippen molar-refractivity contribution in [3.63, 3.8) is 0 Å². The molecule has 1 unspecified atom stereocenters. The molecule has 0 radical (unpaired) electrons. The van der Waals surface area contributed by atoms with Crippen molar-refractivity contribution in [3.05, 3.63) is 100 Å². The largest absolute Gasteiger partial charge is 0.457 e. The van der Waals surface area contributed by atoms with Crippen LogP contribution in [0.25, 0.3) is 0 Å². The summed E-state index contributed by atoms with van der Waals surface area (Å²) in [5, 5.41) is 0.549. The number of likely N-dealkylation sites (N-methyl/N-ethyl adjacent to an activating group) is 1. The molecule has 1 saturated heterocycles. The second-order valence-electron chi connectivity index (χ2n) is 10.4. The highest BCUT2D eigenvalue weighted by Gasteiger charge is 2.23. The molecule has 9 heteroatoms. The number of aryl methyl sites for hydroxylation is 2. The molecular weight excluding hydrogens is 556 g/mol. The average molecular weight is 595 g/mol. The summed E-state index contributed by atoms with van der Waals surface area (Å²) < 4.78 is 36.3. The number of piperazine rings is 1. The monoisotopic (exact) mass is 594 g/mol. The first kappa shape index (κ1) is 30.8.